The van der Waals surface area contributed by atoms with Gasteiger partial charge in [-0.25, -0.2) is 9.18 Å². The average molecular weight is 428 g/mol. The molecule has 0 radical (unpaired) electrons. The minimum Gasteiger partial charge on any atom is -0.445 e. The summed E-state index contributed by atoms with van der Waals surface area (Å²) in [7, 11) is 0. The van der Waals surface area contributed by atoms with Crippen molar-refractivity contribution in [3.8, 4) is 6.07 Å². The van der Waals surface area contributed by atoms with Gasteiger partial charge in [-0.05, 0) is 53.9 Å². The number of nitriles is 1. The number of amides is 1. The van der Waals surface area contributed by atoms with Gasteiger partial charge >= 0.3 is 5.97 Å². The number of carbonyl (C=O) groups excluding carboxylic acids is 2. The highest BCUT2D eigenvalue weighted by atomic mass is 19.1. The van der Waals surface area contributed by atoms with Gasteiger partial charge in [-0.2, -0.15) is 5.26 Å². The number of nitrogens with zero attached hydrogens (tertiary/aromatic N) is 2. The molecular formula is C26H21FN2O3. The third-order valence-corrected chi connectivity index (χ3v) is 5.54. The van der Waals surface area contributed by atoms with Crippen LogP contribution in [-0.2, 0) is 29.0 Å². The van der Waals surface area contributed by atoms with Gasteiger partial charge in [0.25, 0.3) is 5.91 Å². The Morgan fingerprint density at radius 1 is 1.06 bits per heavy atom. The maximum Gasteiger partial charge on any atom is 0.339 e. The predicted molar refractivity (Wildman–Crippen MR) is 116 cm³/mol. The molecule has 0 saturated heterocycles. The van der Waals surface area contributed by atoms with Crippen molar-refractivity contribution in [3.05, 3.63) is 106 Å². The molecule has 3 aromatic carbocycles. The molecule has 1 aliphatic rings. The fourth-order valence-corrected chi connectivity index (χ4v) is 3.95. The summed E-state index contributed by atoms with van der Waals surface area (Å²) >= 11 is 0. The Bertz CT molecular complexity index is 1220. The summed E-state index contributed by atoms with van der Waals surface area (Å²) in [5.74, 6) is -1.29. The van der Waals surface area contributed by atoms with Crippen LogP contribution in [0.25, 0.3) is 0 Å². The monoisotopic (exact) mass is 428 g/mol. The molecule has 0 fully saturated rings. The van der Waals surface area contributed by atoms with Gasteiger partial charge in [0, 0.05) is 19.5 Å². The number of esters is 1. The smallest absolute Gasteiger partial charge is 0.339 e. The first-order chi connectivity index (χ1) is 15.4. The normalized spacial score (nSPS) is 17.1. The number of fused-ring (bicyclic) bond motifs is 1. The number of hydrogen-bond donors (Lipinski definition) is 0. The van der Waals surface area contributed by atoms with Crippen LogP contribution in [0, 0.1) is 17.1 Å². The van der Waals surface area contributed by atoms with E-state index in [1.165, 1.54) is 12.1 Å². The van der Waals surface area contributed by atoms with Crippen LogP contribution in [0.4, 0.5) is 4.39 Å². The lowest BCUT2D eigenvalue weighted by molar-refractivity contribution is -0.152. The molecule has 0 bridgehead atoms. The molecule has 32 heavy (non-hydrogen) atoms. The summed E-state index contributed by atoms with van der Waals surface area (Å²) in [4.78, 5) is 27.8. The minimum absolute atomic E-state index is 0.144. The highest BCUT2D eigenvalue weighted by Gasteiger charge is 2.44. The largest absolute Gasteiger partial charge is 0.445 e. The lowest BCUT2D eigenvalue weighted by Crippen LogP contribution is -2.52. The van der Waals surface area contributed by atoms with E-state index in [9.17, 15) is 14.0 Å². The van der Waals surface area contributed by atoms with Crippen molar-refractivity contribution in [2.75, 3.05) is 0 Å². The van der Waals surface area contributed by atoms with E-state index in [2.05, 4.69) is 6.07 Å². The van der Waals surface area contributed by atoms with E-state index in [1.54, 1.807) is 60.4 Å². The van der Waals surface area contributed by atoms with E-state index in [1.807, 2.05) is 12.1 Å². The Morgan fingerprint density at radius 3 is 2.50 bits per heavy atom. The highest BCUT2D eigenvalue weighted by molar-refractivity contribution is 5.97. The molecule has 0 saturated carbocycles. The van der Waals surface area contributed by atoms with Crippen LogP contribution in [0.3, 0.4) is 0 Å². The lowest BCUT2D eigenvalue weighted by Gasteiger charge is -2.37. The van der Waals surface area contributed by atoms with Crippen LogP contribution in [-0.4, -0.2) is 22.4 Å². The van der Waals surface area contributed by atoms with Crippen LogP contribution in [0.5, 0.6) is 0 Å². The molecule has 1 heterocycles. The maximum absolute atomic E-state index is 13.8. The predicted octanol–water partition coefficient (Wildman–Crippen LogP) is 4.40. The number of halogens is 1. The number of ether oxygens (including phenoxy) is 1. The van der Waals surface area contributed by atoms with Crippen molar-refractivity contribution in [1.29, 1.82) is 5.26 Å². The van der Waals surface area contributed by atoms with Gasteiger partial charge in [-0.15, -0.1) is 0 Å². The van der Waals surface area contributed by atoms with Gasteiger partial charge < -0.3 is 9.64 Å². The molecule has 1 amide bonds. The van der Waals surface area contributed by atoms with E-state index in [0.29, 0.717) is 16.7 Å². The number of cyclic esters (lactones) is 1. The molecule has 0 spiro atoms. The number of carbonyl (C=O) groups is 2. The van der Waals surface area contributed by atoms with E-state index in [4.69, 9.17) is 10.00 Å². The third kappa shape index (κ3) is 4.37. The zero-order chi connectivity index (χ0) is 22.7. The standard InChI is InChI=1S/C26H21FN2O3/c1-26(14-21-6-2-3-8-23(21)24(30)32-26)25(31)29(17-20-5-4-7-22(27)13-20)16-19-11-9-18(15-28)10-12-19/h2-13H,14,16-17H2,1H3. The molecule has 4 rings (SSSR count). The molecule has 5 nitrogen and oxygen atoms in total. The van der Waals surface area contributed by atoms with Crippen molar-refractivity contribution in [2.45, 2.75) is 32.0 Å². The summed E-state index contributed by atoms with van der Waals surface area (Å²) in [5.41, 5.74) is 1.77. The Hall–Kier alpha value is -3.98. The lowest BCUT2D eigenvalue weighted by atomic mass is 9.88. The number of rotatable bonds is 5. The van der Waals surface area contributed by atoms with Gasteiger partial charge in [0.15, 0.2) is 5.60 Å². The van der Waals surface area contributed by atoms with Crippen molar-refractivity contribution >= 4 is 11.9 Å². The van der Waals surface area contributed by atoms with Gasteiger partial charge in [-0.1, -0.05) is 42.5 Å². The quantitative estimate of drug-likeness (QED) is 0.565. The molecule has 160 valence electrons. The summed E-state index contributed by atoms with van der Waals surface area (Å²) in [6.45, 7) is 1.97. The van der Waals surface area contributed by atoms with Crippen LogP contribution in [0.2, 0.25) is 0 Å². The van der Waals surface area contributed by atoms with E-state index in [0.717, 1.165) is 11.1 Å². The van der Waals surface area contributed by atoms with Crippen LogP contribution >= 0.6 is 0 Å². The average Bonchev–Trinajstić information content (AvgIpc) is 2.78. The molecule has 3 aromatic rings. The minimum atomic E-state index is -1.38. The Morgan fingerprint density at radius 2 is 1.78 bits per heavy atom. The SMILES string of the molecule is CC1(C(=O)N(Cc2ccc(C#N)cc2)Cc2cccc(F)c2)Cc2ccccc2C(=O)O1. The first-order valence-electron chi connectivity index (χ1n) is 10.2. The number of hydrogen-bond acceptors (Lipinski definition) is 4. The fraction of sp³-hybridized carbons (Fsp3) is 0.192. The third-order valence-electron chi connectivity index (χ3n) is 5.54. The Labute approximate surface area is 185 Å². The first kappa shape index (κ1) is 21.3. The van der Waals surface area contributed by atoms with Gasteiger partial charge in [0.2, 0.25) is 0 Å². The molecular weight excluding hydrogens is 407 g/mol. The summed E-state index contributed by atoms with van der Waals surface area (Å²) < 4.78 is 19.4. The van der Waals surface area contributed by atoms with Crippen molar-refractivity contribution in [1.82, 2.24) is 4.90 Å². The molecule has 1 unspecified atom stereocenters. The van der Waals surface area contributed by atoms with Crippen molar-refractivity contribution in [2.24, 2.45) is 0 Å². The van der Waals surface area contributed by atoms with E-state index in [-0.39, 0.29) is 25.4 Å². The molecule has 0 aromatic heterocycles. The highest BCUT2D eigenvalue weighted by Crippen LogP contribution is 2.31. The van der Waals surface area contributed by atoms with Crippen LogP contribution in [0.1, 0.15) is 39.5 Å². The second kappa shape index (κ2) is 8.64. The molecule has 1 aliphatic heterocycles. The van der Waals surface area contributed by atoms with Crippen molar-refractivity contribution in [3.63, 3.8) is 0 Å². The Balaban J connectivity index is 1.65. The summed E-state index contributed by atoms with van der Waals surface area (Å²) in [6, 6.07) is 22.1. The topological polar surface area (TPSA) is 70.4 Å². The fourth-order valence-electron chi connectivity index (χ4n) is 3.95. The zero-order valence-corrected chi connectivity index (χ0v) is 17.5. The van der Waals surface area contributed by atoms with E-state index >= 15 is 0 Å². The van der Waals surface area contributed by atoms with Crippen molar-refractivity contribution < 1.29 is 18.7 Å². The van der Waals surface area contributed by atoms with Gasteiger partial charge in [0.1, 0.15) is 5.82 Å². The molecule has 0 aliphatic carbocycles. The maximum atomic E-state index is 13.8. The zero-order valence-electron chi connectivity index (χ0n) is 17.5. The molecule has 1 atom stereocenters. The van der Waals surface area contributed by atoms with Gasteiger partial charge in [-0.3, -0.25) is 4.79 Å². The van der Waals surface area contributed by atoms with Crippen LogP contribution in [0.15, 0.2) is 72.8 Å². The summed E-state index contributed by atoms with van der Waals surface area (Å²) in [5, 5.41) is 9.03. The molecule has 6 heteroatoms. The Kier molecular flexibility index (Phi) is 5.74. The molecule has 0 N–H and O–H groups in total. The van der Waals surface area contributed by atoms with Crippen LogP contribution < -0.4 is 0 Å². The first-order valence-corrected chi connectivity index (χ1v) is 10.2. The second-order valence-electron chi connectivity index (χ2n) is 8.05. The van der Waals surface area contributed by atoms with E-state index < -0.39 is 17.4 Å². The summed E-state index contributed by atoms with van der Waals surface area (Å²) in [6.07, 6.45) is 0.251. The second-order valence-corrected chi connectivity index (χ2v) is 8.05. The number of benzene rings is 3. The van der Waals surface area contributed by atoms with Gasteiger partial charge in [0.05, 0.1) is 17.2 Å².